The molecule has 120 valence electrons. The molecule has 0 atom stereocenters. The number of hydrogen-bond donors (Lipinski definition) is 3. The predicted octanol–water partition coefficient (Wildman–Crippen LogP) is 2.55. The van der Waals surface area contributed by atoms with Crippen LogP contribution in [0.3, 0.4) is 0 Å². The minimum atomic E-state index is -0.179. The van der Waals surface area contributed by atoms with Crippen molar-refractivity contribution in [1.82, 2.24) is 15.1 Å². The lowest BCUT2D eigenvalue weighted by atomic mass is 10.2. The number of carbonyl (C=O) groups is 2. The zero-order chi connectivity index (χ0) is 16.4. The second kappa shape index (κ2) is 6.12. The van der Waals surface area contributed by atoms with Gasteiger partial charge in [0.1, 0.15) is 0 Å². The number of amides is 3. The molecule has 2 heterocycles. The number of benzene rings is 1. The topological polar surface area (TPSA) is 90.1 Å². The van der Waals surface area contributed by atoms with Crippen molar-refractivity contribution in [2.45, 2.75) is 26.9 Å². The summed E-state index contributed by atoms with van der Waals surface area (Å²) in [7, 11) is 0. The SMILES string of the molecule is CC(C)C(=O)Nc1n[nH]c2c1CN(C(=O)Nc1ccccc1)C2. The van der Waals surface area contributed by atoms with E-state index in [0.717, 1.165) is 16.9 Å². The second-order valence-corrected chi connectivity index (χ2v) is 5.83. The third kappa shape index (κ3) is 3.18. The number of nitrogens with zero attached hydrogens (tertiary/aromatic N) is 2. The Morgan fingerprint density at radius 1 is 1.17 bits per heavy atom. The number of fused-ring (bicyclic) bond motifs is 1. The Bertz CT molecular complexity index is 723. The van der Waals surface area contributed by atoms with Crippen LogP contribution in [0, 0.1) is 5.92 Å². The van der Waals surface area contributed by atoms with Gasteiger partial charge in [-0.05, 0) is 12.1 Å². The standard InChI is InChI=1S/C16H19N5O2/c1-10(2)15(22)18-14-12-8-21(9-13(12)19-20-14)16(23)17-11-6-4-3-5-7-11/h3-7,10H,8-9H2,1-2H3,(H,17,23)(H2,18,19,20,22). The zero-order valence-corrected chi connectivity index (χ0v) is 13.1. The second-order valence-electron chi connectivity index (χ2n) is 5.83. The van der Waals surface area contributed by atoms with E-state index in [-0.39, 0.29) is 17.9 Å². The molecular formula is C16H19N5O2. The number of anilines is 2. The number of para-hydroxylation sites is 1. The third-order valence-electron chi connectivity index (χ3n) is 3.73. The number of urea groups is 1. The van der Waals surface area contributed by atoms with E-state index >= 15 is 0 Å². The van der Waals surface area contributed by atoms with Crippen molar-refractivity contribution < 1.29 is 9.59 Å². The van der Waals surface area contributed by atoms with Gasteiger partial charge in [0.25, 0.3) is 0 Å². The van der Waals surface area contributed by atoms with Crippen LogP contribution in [-0.4, -0.2) is 27.0 Å². The fourth-order valence-electron chi connectivity index (χ4n) is 2.37. The largest absolute Gasteiger partial charge is 0.322 e. The van der Waals surface area contributed by atoms with Gasteiger partial charge in [0, 0.05) is 17.2 Å². The van der Waals surface area contributed by atoms with E-state index < -0.39 is 0 Å². The number of nitrogens with one attached hydrogen (secondary N) is 3. The molecule has 0 spiro atoms. The van der Waals surface area contributed by atoms with E-state index in [1.54, 1.807) is 4.90 Å². The minimum Gasteiger partial charge on any atom is -0.314 e. The average Bonchev–Trinajstić information content (AvgIpc) is 3.10. The molecule has 3 rings (SSSR count). The highest BCUT2D eigenvalue weighted by atomic mass is 16.2. The molecule has 2 aromatic rings. The molecule has 7 heteroatoms. The van der Waals surface area contributed by atoms with Gasteiger partial charge in [0.2, 0.25) is 5.91 Å². The summed E-state index contributed by atoms with van der Waals surface area (Å²) in [4.78, 5) is 25.8. The van der Waals surface area contributed by atoms with Crippen molar-refractivity contribution >= 4 is 23.4 Å². The lowest BCUT2D eigenvalue weighted by Gasteiger charge is -2.16. The van der Waals surface area contributed by atoms with Crippen LogP contribution in [0.4, 0.5) is 16.3 Å². The average molecular weight is 313 g/mol. The Labute approximate surface area is 134 Å². The van der Waals surface area contributed by atoms with E-state index in [2.05, 4.69) is 20.8 Å². The van der Waals surface area contributed by atoms with Crippen LogP contribution in [0.5, 0.6) is 0 Å². The van der Waals surface area contributed by atoms with Crippen LogP contribution < -0.4 is 10.6 Å². The van der Waals surface area contributed by atoms with Gasteiger partial charge in [0.15, 0.2) is 5.82 Å². The molecule has 1 aliphatic rings. The van der Waals surface area contributed by atoms with Crippen LogP contribution in [0.2, 0.25) is 0 Å². The summed E-state index contributed by atoms with van der Waals surface area (Å²) in [5.74, 6) is 0.293. The molecule has 1 aromatic heterocycles. The molecular weight excluding hydrogens is 294 g/mol. The first kappa shape index (κ1) is 15.1. The van der Waals surface area contributed by atoms with Gasteiger partial charge in [-0.1, -0.05) is 32.0 Å². The van der Waals surface area contributed by atoms with Crippen LogP contribution in [0.25, 0.3) is 0 Å². The molecule has 0 fully saturated rings. The number of aromatic amines is 1. The molecule has 0 saturated heterocycles. The van der Waals surface area contributed by atoms with Gasteiger partial charge in [-0.3, -0.25) is 9.89 Å². The first-order valence-corrected chi connectivity index (χ1v) is 7.52. The van der Waals surface area contributed by atoms with Gasteiger partial charge >= 0.3 is 6.03 Å². The highest BCUT2D eigenvalue weighted by Gasteiger charge is 2.29. The molecule has 23 heavy (non-hydrogen) atoms. The molecule has 0 aliphatic carbocycles. The fraction of sp³-hybridized carbons (Fsp3) is 0.312. The number of aromatic nitrogens is 2. The highest BCUT2D eigenvalue weighted by molar-refractivity contribution is 5.93. The van der Waals surface area contributed by atoms with Crippen molar-refractivity contribution in [3.63, 3.8) is 0 Å². The van der Waals surface area contributed by atoms with E-state index in [4.69, 9.17) is 0 Å². The van der Waals surface area contributed by atoms with Crippen LogP contribution in [-0.2, 0) is 17.9 Å². The molecule has 7 nitrogen and oxygen atoms in total. The summed E-state index contributed by atoms with van der Waals surface area (Å²) >= 11 is 0. The number of rotatable bonds is 3. The van der Waals surface area contributed by atoms with E-state index in [0.29, 0.717) is 18.9 Å². The summed E-state index contributed by atoms with van der Waals surface area (Å²) in [6, 6.07) is 9.12. The van der Waals surface area contributed by atoms with E-state index in [1.165, 1.54) is 0 Å². The third-order valence-corrected chi connectivity index (χ3v) is 3.73. The maximum Gasteiger partial charge on any atom is 0.322 e. The Hall–Kier alpha value is -2.83. The van der Waals surface area contributed by atoms with Gasteiger partial charge in [0.05, 0.1) is 18.8 Å². The van der Waals surface area contributed by atoms with E-state index in [9.17, 15) is 9.59 Å². The maximum absolute atomic E-state index is 12.3. The normalized spacial score (nSPS) is 13.1. The lowest BCUT2D eigenvalue weighted by molar-refractivity contribution is -0.118. The molecule has 1 aliphatic heterocycles. The van der Waals surface area contributed by atoms with Crippen LogP contribution in [0.15, 0.2) is 30.3 Å². The first-order valence-electron chi connectivity index (χ1n) is 7.52. The smallest absolute Gasteiger partial charge is 0.314 e. The van der Waals surface area contributed by atoms with Gasteiger partial charge < -0.3 is 15.5 Å². The summed E-state index contributed by atoms with van der Waals surface area (Å²) in [5.41, 5.74) is 2.47. The minimum absolute atomic E-state index is 0.0912. The zero-order valence-electron chi connectivity index (χ0n) is 13.1. The quantitative estimate of drug-likeness (QED) is 0.813. The van der Waals surface area contributed by atoms with Crippen molar-refractivity contribution in [3.8, 4) is 0 Å². The maximum atomic E-state index is 12.3. The van der Waals surface area contributed by atoms with Crippen molar-refractivity contribution in [2.24, 2.45) is 5.92 Å². The Balaban J connectivity index is 1.66. The number of carbonyl (C=O) groups excluding carboxylic acids is 2. The highest BCUT2D eigenvalue weighted by Crippen LogP contribution is 2.27. The lowest BCUT2D eigenvalue weighted by Crippen LogP contribution is -2.30. The van der Waals surface area contributed by atoms with Crippen LogP contribution in [0.1, 0.15) is 25.1 Å². The molecule has 3 N–H and O–H groups in total. The molecule has 3 amide bonds. The summed E-state index contributed by atoms with van der Waals surface area (Å²) in [5, 5.41) is 12.7. The number of H-pyrrole nitrogens is 1. The van der Waals surface area contributed by atoms with E-state index in [1.807, 2.05) is 44.2 Å². The Morgan fingerprint density at radius 3 is 2.61 bits per heavy atom. The fourth-order valence-corrected chi connectivity index (χ4v) is 2.37. The van der Waals surface area contributed by atoms with Gasteiger partial charge in [-0.2, -0.15) is 5.10 Å². The Morgan fingerprint density at radius 2 is 1.91 bits per heavy atom. The Kier molecular flexibility index (Phi) is 4.01. The molecule has 0 unspecified atom stereocenters. The van der Waals surface area contributed by atoms with Gasteiger partial charge in [-0.15, -0.1) is 0 Å². The van der Waals surface area contributed by atoms with Crippen LogP contribution >= 0.6 is 0 Å². The first-order chi connectivity index (χ1) is 11.0. The summed E-state index contributed by atoms with van der Waals surface area (Å²) in [6.45, 7) is 4.50. The molecule has 0 saturated carbocycles. The monoisotopic (exact) mass is 313 g/mol. The molecule has 1 aromatic carbocycles. The number of hydrogen-bond acceptors (Lipinski definition) is 3. The van der Waals surface area contributed by atoms with Crippen molar-refractivity contribution in [2.75, 3.05) is 10.6 Å². The molecule has 0 bridgehead atoms. The predicted molar refractivity (Wildman–Crippen MR) is 86.8 cm³/mol. The summed E-state index contributed by atoms with van der Waals surface area (Å²) < 4.78 is 0. The van der Waals surface area contributed by atoms with Crippen molar-refractivity contribution in [1.29, 1.82) is 0 Å². The van der Waals surface area contributed by atoms with Gasteiger partial charge in [-0.25, -0.2) is 4.79 Å². The van der Waals surface area contributed by atoms with Crippen molar-refractivity contribution in [3.05, 3.63) is 41.6 Å². The molecule has 0 radical (unpaired) electrons. The summed E-state index contributed by atoms with van der Waals surface area (Å²) in [6.07, 6.45) is 0.